The first-order chi connectivity index (χ1) is 15.9. The quantitative estimate of drug-likeness (QED) is 0.385. The van der Waals surface area contributed by atoms with Crippen LogP contribution in [-0.2, 0) is 16.4 Å². The van der Waals surface area contributed by atoms with Crippen molar-refractivity contribution in [3.8, 4) is 0 Å². The molecular formula is C23H21N5O4S. The number of nitrogens with zero attached hydrogens (tertiary/aromatic N) is 2. The van der Waals surface area contributed by atoms with E-state index in [9.17, 15) is 18.0 Å². The Hall–Kier alpha value is -4.05. The van der Waals surface area contributed by atoms with Crippen molar-refractivity contribution >= 4 is 32.7 Å². The van der Waals surface area contributed by atoms with E-state index in [1.807, 2.05) is 6.92 Å². The van der Waals surface area contributed by atoms with Gasteiger partial charge in [0.05, 0.1) is 21.6 Å². The number of aromatic amines is 1. The van der Waals surface area contributed by atoms with Crippen molar-refractivity contribution in [3.05, 3.63) is 83.7 Å². The Morgan fingerprint density at radius 3 is 2.18 bits per heavy atom. The van der Waals surface area contributed by atoms with Gasteiger partial charge in [-0.15, -0.1) is 0 Å². The van der Waals surface area contributed by atoms with Crippen LogP contribution in [0.5, 0.6) is 0 Å². The maximum Gasteiger partial charge on any atom is 0.253 e. The Labute approximate surface area is 190 Å². The molecule has 2 aromatic heterocycles. The monoisotopic (exact) mass is 463 g/mol. The summed E-state index contributed by atoms with van der Waals surface area (Å²) in [6, 6.07) is 13.8. The highest BCUT2D eigenvalue weighted by atomic mass is 32.2. The smallest absolute Gasteiger partial charge is 0.253 e. The molecule has 2 aromatic carbocycles. The van der Waals surface area contributed by atoms with Gasteiger partial charge in [-0.2, -0.15) is 5.10 Å². The number of fused-ring (bicyclic) bond motifs is 1. The predicted octanol–water partition coefficient (Wildman–Crippen LogP) is 2.47. The lowest BCUT2D eigenvalue weighted by atomic mass is 10.2. The van der Waals surface area contributed by atoms with E-state index in [4.69, 9.17) is 0 Å². The van der Waals surface area contributed by atoms with Crippen LogP contribution < -0.4 is 10.6 Å². The van der Waals surface area contributed by atoms with Crippen molar-refractivity contribution < 1.29 is 18.0 Å². The lowest BCUT2D eigenvalue weighted by molar-refractivity contribution is 0.0944. The molecule has 2 heterocycles. The molecule has 4 rings (SSSR count). The van der Waals surface area contributed by atoms with Gasteiger partial charge in [-0.3, -0.25) is 14.7 Å². The van der Waals surface area contributed by atoms with Gasteiger partial charge in [0.15, 0.2) is 5.65 Å². The van der Waals surface area contributed by atoms with Crippen molar-refractivity contribution in [3.63, 3.8) is 0 Å². The van der Waals surface area contributed by atoms with Gasteiger partial charge in [0, 0.05) is 30.2 Å². The maximum atomic E-state index is 12.9. The second kappa shape index (κ2) is 9.21. The number of hydrogen-bond acceptors (Lipinski definition) is 6. The zero-order valence-corrected chi connectivity index (χ0v) is 18.5. The average molecular weight is 464 g/mol. The number of aromatic nitrogens is 3. The molecule has 10 heteroatoms. The SMILES string of the molecule is CCNC(=O)c1ccc(S(=O)(=O)c2ccc(CNC(=O)c3cnc4[nH]ncc4c3)cc2)cc1. The highest BCUT2D eigenvalue weighted by Gasteiger charge is 2.18. The fraction of sp³-hybridized carbons (Fsp3) is 0.130. The number of benzene rings is 2. The molecule has 4 aromatic rings. The highest BCUT2D eigenvalue weighted by molar-refractivity contribution is 7.91. The number of H-pyrrole nitrogens is 1. The van der Waals surface area contributed by atoms with E-state index >= 15 is 0 Å². The van der Waals surface area contributed by atoms with E-state index in [-0.39, 0.29) is 28.2 Å². The minimum absolute atomic E-state index is 0.0961. The molecule has 0 unspecified atom stereocenters. The molecule has 0 radical (unpaired) electrons. The largest absolute Gasteiger partial charge is 0.352 e. The summed E-state index contributed by atoms with van der Waals surface area (Å²) in [5.74, 6) is -0.553. The molecule has 0 atom stereocenters. The minimum atomic E-state index is -3.74. The third-order valence-electron chi connectivity index (χ3n) is 5.00. The third-order valence-corrected chi connectivity index (χ3v) is 6.79. The number of pyridine rings is 1. The van der Waals surface area contributed by atoms with Crippen LogP contribution in [0.15, 0.2) is 76.8 Å². The predicted molar refractivity (Wildman–Crippen MR) is 121 cm³/mol. The van der Waals surface area contributed by atoms with E-state index in [1.54, 1.807) is 24.4 Å². The summed E-state index contributed by atoms with van der Waals surface area (Å²) in [6.07, 6.45) is 3.05. The second-order valence-corrected chi connectivity index (χ2v) is 9.20. The Morgan fingerprint density at radius 1 is 0.879 bits per heavy atom. The van der Waals surface area contributed by atoms with Gasteiger partial charge in [-0.1, -0.05) is 12.1 Å². The zero-order valence-electron chi connectivity index (χ0n) is 17.7. The molecule has 0 saturated heterocycles. The third kappa shape index (κ3) is 4.75. The van der Waals surface area contributed by atoms with Crippen molar-refractivity contribution in [1.29, 1.82) is 0 Å². The molecular weight excluding hydrogens is 442 g/mol. The van der Waals surface area contributed by atoms with Crippen LogP contribution in [0.3, 0.4) is 0 Å². The number of sulfone groups is 1. The topological polar surface area (TPSA) is 134 Å². The number of carbonyl (C=O) groups is 2. The fourth-order valence-corrected chi connectivity index (χ4v) is 4.48. The van der Waals surface area contributed by atoms with Crippen LogP contribution in [0.2, 0.25) is 0 Å². The van der Waals surface area contributed by atoms with Crippen LogP contribution in [-0.4, -0.2) is 42.0 Å². The maximum absolute atomic E-state index is 12.9. The molecule has 0 aliphatic rings. The highest BCUT2D eigenvalue weighted by Crippen LogP contribution is 2.22. The van der Waals surface area contributed by atoms with Crippen molar-refractivity contribution in [2.24, 2.45) is 0 Å². The normalized spacial score (nSPS) is 11.3. The second-order valence-electron chi connectivity index (χ2n) is 7.25. The zero-order chi connectivity index (χ0) is 23.4. The molecule has 2 amide bonds. The van der Waals surface area contributed by atoms with Crippen molar-refractivity contribution in [1.82, 2.24) is 25.8 Å². The van der Waals surface area contributed by atoms with E-state index in [0.29, 0.717) is 23.3 Å². The minimum Gasteiger partial charge on any atom is -0.352 e. The number of carbonyl (C=O) groups excluding carboxylic acids is 2. The van der Waals surface area contributed by atoms with Gasteiger partial charge in [-0.25, -0.2) is 13.4 Å². The molecule has 168 valence electrons. The van der Waals surface area contributed by atoms with Gasteiger partial charge in [0.1, 0.15) is 0 Å². The van der Waals surface area contributed by atoms with Gasteiger partial charge < -0.3 is 10.6 Å². The Balaban J connectivity index is 1.42. The van der Waals surface area contributed by atoms with Crippen LogP contribution in [0.1, 0.15) is 33.2 Å². The van der Waals surface area contributed by atoms with Crippen LogP contribution in [0.4, 0.5) is 0 Å². The van der Waals surface area contributed by atoms with Crippen LogP contribution in [0, 0.1) is 0 Å². The average Bonchev–Trinajstić information content (AvgIpc) is 3.31. The number of hydrogen-bond donors (Lipinski definition) is 3. The first-order valence-corrected chi connectivity index (χ1v) is 11.7. The molecule has 0 aliphatic carbocycles. The molecule has 0 spiro atoms. The lowest BCUT2D eigenvalue weighted by Gasteiger charge is -2.08. The molecule has 0 bridgehead atoms. The molecule has 9 nitrogen and oxygen atoms in total. The number of amides is 2. The van der Waals surface area contributed by atoms with Crippen LogP contribution in [0.25, 0.3) is 11.0 Å². The fourth-order valence-electron chi connectivity index (χ4n) is 3.22. The molecule has 0 saturated carbocycles. The summed E-state index contributed by atoms with van der Waals surface area (Å²) in [4.78, 5) is 28.6. The van der Waals surface area contributed by atoms with E-state index in [0.717, 1.165) is 10.9 Å². The molecule has 3 N–H and O–H groups in total. The summed E-state index contributed by atoms with van der Waals surface area (Å²) in [6.45, 7) is 2.52. The van der Waals surface area contributed by atoms with Gasteiger partial charge in [0.2, 0.25) is 9.84 Å². The van der Waals surface area contributed by atoms with Crippen molar-refractivity contribution in [2.45, 2.75) is 23.3 Å². The van der Waals surface area contributed by atoms with E-state index < -0.39 is 9.84 Å². The first kappa shape index (κ1) is 22.2. The van der Waals surface area contributed by atoms with Crippen LogP contribution >= 0.6 is 0 Å². The molecule has 33 heavy (non-hydrogen) atoms. The van der Waals surface area contributed by atoms with E-state index in [2.05, 4.69) is 25.8 Å². The van der Waals surface area contributed by atoms with E-state index in [1.165, 1.54) is 42.6 Å². The Morgan fingerprint density at radius 2 is 1.52 bits per heavy atom. The molecule has 0 aliphatic heterocycles. The summed E-state index contributed by atoms with van der Waals surface area (Å²) in [5, 5.41) is 12.8. The number of rotatable bonds is 7. The van der Waals surface area contributed by atoms with Crippen molar-refractivity contribution in [2.75, 3.05) is 6.54 Å². The summed E-state index contributed by atoms with van der Waals surface area (Å²) in [7, 11) is -3.74. The Bertz CT molecular complexity index is 1410. The lowest BCUT2D eigenvalue weighted by Crippen LogP contribution is -2.23. The summed E-state index contributed by atoms with van der Waals surface area (Å²) >= 11 is 0. The number of nitrogens with one attached hydrogen (secondary N) is 3. The van der Waals surface area contributed by atoms with Gasteiger partial charge in [0.25, 0.3) is 11.8 Å². The standard InChI is InChI=1S/C23H21N5O4S/c1-2-24-22(29)16-5-9-20(10-6-16)33(31,32)19-7-3-15(4-8-19)12-26-23(30)18-11-17-14-27-28-21(17)25-13-18/h3-11,13-14H,2,12H2,1H3,(H,24,29)(H,26,30)(H,25,27,28). The van der Waals surface area contributed by atoms with Gasteiger partial charge >= 0.3 is 0 Å². The summed E-state index contributed by atoms with van der Waals surface area (Å²) < 4.78 is 25.8. The van der Waals surface area contributed by atoms with Gasteiger partial charge in [-0.05, 0) is 55.0 Å². The Kier molecular flexibility index (Phi) is 6.18. The molecule has 0 fully saturated rings. The first-order valence-electron chi connectivity index (χ1n) is 10.2. The summed E-state index contributed by atoms with van der Waals surface area (Å²) in [5.41, 5.74) is 2.14.